The van der Waals surface area contributed by atoms with Crippen molar-refractivity contribution in [1.29, 1.82) is 0 Å². The van der Waals surface area contributed by atoms with Crippen LogP contribution in [0.4, 0.5) is 9.52 Å². The van der Waals surface area contributed by atoms with E-state index in [2.05, 4.69) is 34.4 Å². The van der Waals surface area contributed by atoms with E-state index < -0.39 is 0 Å². The third-order valence-electron chi connectivity index (χ3n) is 6.06. The average Bonchev–Trinajstić information content (AvgIpc) is 3.39. The molecule has 170 valence electrons. The van der Waals surface area contributed by atoms with Crippen molar-refractivity contribution in [3.63, 3.8) is 0 Å². The highest BCUT2D eigenvalue weighted by molar-refractivity contribution is 7.22. The van der Waals surface area contributed by atoms with Crippen molar-refractivity contribution < 1.29 is 9.18 Å². The van der Waals surface area contributed by atoms with Gasteiger partial charge in [-0.1, -0.05) is 41.2 Å². The van der Waals surface area contributed by atoms with Gasteiger partial charge in [-0.15, -0.1) is 0 Å². The summed E-state index contributed by atoms with van der Waals surface area (Å²) in [6, 6.07) is 14.5. The van der Waals surface area contributed by atoms with Gasteiger partial charge in [0, 0.05) is 19.6 Å². The van der Waals surface area contributed by atoms with Crippen molar-refractivity contribution in [3.8, 4) is 5.69 Å². The molecule has 5 rings (SSSR count). The highest BCUT2D eigenvalue weighted by atomic mass is 32.1. The van der Waals surface area contributed by atoms with Crippen molar-refractivity contribution in [3.05, 3.63) is 71.2 Å². The highest BCUT2D eigenvalue weighted by Crippen LogP contribution is 2.34. The van der Waals surface area contributed by atoms with Crippen molar-refractivity contribution in [1.82, 2.24) is 20.1 Å². The van der Waals surface area contributed by atoms with Crippen LogP contribution in [0.2, 0.25) is 0 Å². The maximum absolute atomic E-state index is 13.4. The van der Waals surface area contributed by atoms with Crippen molar-refractivity contribution in [2.45, 2.75) is 33.2 Å². The van der Waals surface area contributed by atoms with E-state index in [1.807, 2.05) is 19.1 Å². The lowest BCUT2D eigenvalue weighted by molar-refractivity contribution is -0.125. The van der Waals surface area contributed by atoms with Crippen LogP contribution in [-0.4, -0.2) is 33.8 Å². The number of aryl methyl sites for hydroxylation is 2. The number of rotatable bonds is 5. The Morgan fingerprint density at radius 1 is 1.21 bits per heavy atom. The Kier molecular flexibility index (Phi) is 5.85. The number of aromatic nitrogens is 3. The molecule has 1 N–H and O–H groups in total. The summed E-state index contributed by atoms with van der Waals surface area (Å²) < 4.78 is 16.1. The van der Waals surface area contributed by atoms with Gasteiger partial charge in [0.2, 0.25) is 5.91 Å². The number of nitrogens with one attached hydrogen (secondary N) is 1. The molecule has 0 radical (unpaired) electrons. The van der Waals surface area contributed by atoms with Crippen LogP contribution in [0.1, 0.15) is 29.7 Å². The summed E-state index contributed by atoms with van der Waals surface area (Å²) in [6.07, 6.45) is 1.82. The average molecular weight is 464 g/mol. The molecule has 33 heavy (non-hydrogen) atoms. The first-order valence-electron chi connectivity index (χ1n) is 11.2. The molecule has 1 atom stereocenters. The van der Waals surface area contributed by atoms with Gasteiger partial charge in [0.05, 0.1) is 22.0 Å². The maximum atomic E-state index is 13.4. The Labute approximate surface area is 196 Å². The predicted octanol–water partition coefficient (Wildman–Crippen LogP) is 4.77. The van der Waals surface area contributed by atoms with Gasteiger partial charge < -0.3 is 10.2 Å². The summed E-state index contributed by atoms with van der Waals surface area (Å²) in [7, 11) is 0. The third kappa shape index (κ3) is 4.48. The van der Waals surface area contributed by atoms with Gasteiger partial charge in [-0.25, -0.2) is 9.07 Å². The number of anilines is 1. The number of halogens is 1. The lowest BCUT2D eigenvalue weighted by Gasteiger charge is -2.31. The van der Waals surface area contributed by atoms with Crippen LogP contribution in [0.3, 0.4) is 0 Å². The lowest BCUT2D eigenvalue weighted by atomic mass is 9.97. The summed E-state index contributed by atoms with van der Waals surface area (Å²) >= 11 is 1.60. The lowest BCUT2D eigenvalue weighted by Crippen LogP contribution is -2.43. The number of nitrogens with zero attached hydrogens (tertiary/aromatic N) is 4. The molecule has 3 heterocycles. The number of benzene rings is 2. The Morgan fingerprint density at radius 3 is 2.82 bits per heavy atom. The topological polar surface area (TPSA) is 63.1 Å². The molecular weight excluding hydrogens is 437 g/mol. The maximum Gasteiger partial charge on any atom is 0.225 e. The zero-order valence-corrected chi connectivity index (χ0v) is 19.5. The van der Waals surface area contributed by atoms with Gasteiger partial charge in [-0.2, -0.15) is 10.1 Å². The summed E-state index contributed by atoms with van der Waals surface area (Å²) in [6.45, 7) is 6.09. The molecule has 1 unspecified atom stereocenters. The molecule has 2 aromatic carbocycles. The Morgan fingerprint density at radius 2 is 2.03 bits per heavy atom. The molecule has 8 heteroatoms. The molecule has 1 aliphatic rings. The van der Waals surface area contributed by atoms with Crippen LogP contribution in [0, 0.1) is 25.6 Å². The summed E-state index contributed by atoms with van der Waals surface area (Å²) in [5.41, 5.74) is 4.74. The van der Waals surface area contributed by atoms with E-state index in [1.54, 1.807) is 28.2 Å². The van der Waals surface area contributed by atoms with Crippen LogP contribution in [0.25, 0.3) is 16.0 Å². The second kappa shape index (κ2) is 8.94. The fourth-order valence-corrected chi connectivity index (χ4v) is 5.36. The number of thiazole rings is 1. The number of fused-ring (bicyclic) bond motifs is 1. The largest absolute Gasteiger partial charge is 0.352 e. The van der Waals surface area contributed by atoms with Crippen LogP contribution in [-0.2, 0) is 11.3 Å². The van der Waals surface area contributed by atoms with Gasteiger partial charge in [-0.3, -0.25) is 4.79 Å². The van der Waals surface area contributed by atoms with E-state index in [-0.39, 0.29) is 17.6 Å². The molecule has 1 saturated heterocycles. The van der Waals surface area contributed by atoms with E-state index in [9.17, 15) is 9.18 Å². The molecule has 2 aromatic heterocycles. The number of amides is 1. The van der Waals surface area contributed by atoms with Gasteiger partial charge in [0.15, 0.2) is 10.8 Å². The number of hydrogen-bond acceptors (Lipinski definition) is 5. The van der Waals surface area contributed by atoms with E-state index >= 15 is 0 Å². The van der Waals surface area contributed by atoms with Crippen molar-refractivity contribution in [2.75, 3.05) is 18.0 Å². The van der Waals surface area contributed by atoms with Gasteiger partial charge in [0.25, 0.3) is 0 Å². The highest BCUT2D eigenvalue weighted by Gasteiger charge is 2.28. The second-order valence-corrected chi connectivity index (χ2v) is 9.59. The van der Waals surface area contributed by atoms with E-state index in [0.29, 0.717) is 13.1 Å². The molecule has 1 amide bonds. The zero-order chi connectivity index (χ0) is 22.9. The molecule has 1 fully saturated rings. The molecule has 0 bridgehead atoms. The molecule has 1 aliphatic heterocycles. The van der Waals surface area contributed by atoms with Crippen LogP contribution < -0.4 is 10.2 Å². The molecule has 0 aliphatic carbocycles. The first-order valence-corrected chi connectivity index (χ1v) is 12.0. The minimum Gasteiger partial charge on any atom is -0.352 e. The van der Waals surface area contributed by atoms with Gasteiger partial charge in [0.1, 0.15) is 5.82 Å². The quantitative estimate of drug-likeness (QED) is 0.463. The number of carbonyl (C=O) groups excluding carboxylic acids is 1. The third-order valence-corrected chi connectivity index (χ3v) is 7.27. The van der Waals surface area contributed by atoms with Crippen LogP contribution in [0.15, 0.2) is 48.5 Å². The van der Waals surface area contributed by atoms with Crippen molar-refractivity contribution >= 4 is 32.7 Å². The normalized spacial score (nSPS) is 16.3. The van der Waals surface area contributed by atoms with Crippen LogP contribution >= 0.6 is 11.3 Å². The van der Waals surface area contributed by atoms with Crippen LogP contribution in [0.5, 0.6) is 0 Å². The van der Waals surface area contributed by atoms with Crippen molar-refractivity contribution in [2.24, 2.45) is 5.92 Å². The fraction of sp³-hybridized carbons (Fsp3) is 0.320. The molecule has 0 saturated carbocycles. The number of carbonyl (C=O) groups is 1. The molecule has 6 nitrogen and oxygen atoms in total. The summed E-state index contributed by atoms with van der Waals surface area (Å²) in [4.78, 5) is 20.0. The van der Waals surface area contributed by atoms with Gasteiger partial charge >= 0.3 is 0 Å². The molecule has 4 aromatic rings. The minimum atomic E-state index is -0.280. The Hall–Kier alpha value is -3.26. The minimum absolute atomic E-state index is 0.0646. The second-order valence-electron chi connectivity index (χ2n) is 8.61. The Balaban J connectivity index is 1.32. The fourth-order valence-electron chi connectivity index (χ4n) is 4.34. The van der Waals surface area contributed by atoms with E-state index in [0.717, 1.165) is 51.8 Å². The zero-order valence-electron chi connectivity index (χ0n) is 18.7. The number of hydrogen-bond donors (Lipinski definition) is 1. The predicted molar refractivity (Wildman–Crippen MR) is 129 cm³/mol. The SMILES string of the molecule is Cc1cccc(CNC(=O)C2CCCN(c3nc4c(s3)c(C)nn4-c3ccc(F)cc3)C2)c1. The first kappa shape index (κ1) is 21.6. The first-order chi connectivity index (χ1) is 16.0. The van der Waals surface area contributed by atoms with E-state index in [1.165, 1.54) is 17.7 Å². The monoisotopic (exact) mass is 463 g/mol. The Bertz CT molecular complexity index is 1300. The van der Waals surface area contributed by atoms with Gasteiger partial charge in [-0.05, 0) is 56.5 Å². The standard InChI is InChI=1S/C25H26FN5OS/c1-16-5-3-6-18(13-16)14-27-24(32)19-7-4-12-30(15-19)25-28-23-22(33-25)17(2)29-31(23)21-10-8-20(26)9-11-21/h3,5-6,8-11,13,19H,4,7,12,14-15H2,1-2H3,(H,27,32). The number of piperidine rings is 1. The molecule has 0 spiro atoms. The van der Waals surface area contributed by atoms with E-state index in [4.69, 9.17) is 4.98 Å². The smallest absolute Gasteiger partial charge is 0.225 e. The summed E-state index contributed by atoms with van der Waals surface area (Å²) in [5.74, 6) is -0.251. The summed E-state index contributed by atoms with van der Waals surface area (Å²) in [5, 5.41) is 8.60. The molecular formula is C25H26FN5OS.